The molecule has 2 aliphatic rings. The quantitative estimate of drug-likeness (QED) is 0.790. The Hall–Kier alpha value is -2.14. The molecule has 11 heteroatoms. The number of hydrogen-bond donors (Lipinski definition) is 1. The summed E-state index contributed by atoms with van der Waals surface area (Å²) in [6.07, 6.45) is -4.44. The molecular weight excluding hydrogens is 375 g/mol. The second-order valence-electron chi connectivity index (χ2n) is 6.05. The summed E-state index contributed by atoms with van der Waals surface area (Å²) >= 11 is 0. The lowest BCUT2D eigenvalue weighted by Crippen LogP contribution is -2.49. The van der Waals surface area contributed by atoms with E-state index in [1.807, 2.05) is 0 Å². The van der Waals surface area contributed by atoms with Crippen molar-refractivity contribution in [2.45, 2.75) is 30.0 Å². The number of carbonyl (C=O) groups excluding carboxylic acids is 2. The van der Waals surface area contributed by atoms with Crippen LogP contribution in [0.25, 0.3) is 0 Å². The van der Waals surface area contributed by atoms with E-state index in [4.69, 9.17) is 0 Å². The number of halogens is 3. The highest BCUT2D eigenvalue weighted by Gasteiger charge is 2.42. The van der Waals surface area contributed by atoms with Crippen LogP contribution >= 0.6 is 0 Å². The van der Waals surface area contributed by atoms with Crippen molar-refractivity contribution in [3.8, 4) is 0 Å². The van der Waals surface area contributed by atoms with E-state index in [1.54, 1.807) is 0 Å². The predicted octanol–water partition coefficient (Wildman–Crippen LogP) is 1.41. The molecule has 3 rings (SSSR count). The number of nitrogens with one attached hydrogen (secondary N) is 1. The third kappa shape index (κ3) is 3.28. The molecule has 0 aliphatic carbocycles. The highest BCUT2D eigenvalue weighted by atomic mass is 32.2. The van der Waals surface area contributed by atoms with Gasteiger partial charge in [-0.2, -0.15) is 17.5 Å². The molecule has 0 aromatic heterocycles. The van der Waals surface area contributed by atoms with Crippen LogP contribution in [0, 0.1) is 0 Å². The fourth-order valence-electron chi connectivity index (χ4n) is 3.21. The molecule has 2 fully saturated rings. The number of carbonyl (C=O) groups is 2. The van der Waals surface area contributed by atoms with Gasteiger partial charge in [-0.15, -0.1) is 0 Å². The SMILES string of the molecule is O=C1CNC(=O)N1C1CCN(S(=O)(=O)c2ccccc2C(F)(F)F)CC1. The van der Waals surface area contributed by atoms with Crippen LogP contribution in [0.1, 0.15) is 18.4 Å². The third-order valence-corrected chi connectivity index (χ3v) is 6.43. The molecule has 0 spiro atoms. The summed E-state index contributed by atoms with van der Waals surface area (Å²) in [6.45, 7) is -0.247. The van der Waals surface area contributed by atoms with E-state index < -0.39 is 44.6 Å². The monoisotopic (exact) mass is 391 g/mol. The van der Waals surface area contributed by atoms with Crippen LogP contribution in [0.15, 0.2) is 29.2 Å². The molecule has 2 aliphatic heterocycles. The molecule has 1 N–H and O–H groups in total. The van der Waals surface area contributed by atoms with Crippen molar-refractivity contribution in [1.82, 2.24) is 14.5 Å². The van der Waals surface area contributed by atoms with Crippen LogP contribution in [-0.2, 0) is 21.0 Å². The molecule has 1 aromatic carbocycles. The summed E-state index contributed by atoms with van der Waals surface area (Å²) in [5, 5.41) is 2.39. The van der Waals surface area contributed by atoms with Gasteiger partial charge in [0, 0.05) is 19.1 Å². The van der Waals surface area contributed by atoms with Crippen molar-refractivity contribution >= 4 is 22.0 Å². The zero-order valence-corrected chi connectivity index (χ0v) is 14.3. The fraction of sp³-hybridized carbons (Fsp3) is 0.467. The minimum Gasteiger partial charge on any atom is -0.329 e. The zero-order chi connectivity index (χ0) is 19.1. The Kier molecular flexibility index (Phi) is 4.69. The topological polar surface area (TPSA) is 86.8 Å². The van der Waals surface area contributed by atoms with Gasteiger partial charge in [0.1, 0.15) is 0 Å². The summed E-state index contributed by atoms with van der Waals surface area (Å²) in [4.78, 5) is 23.7. The standard InChI is InChI=1S/C15H16F3N3O4S/c16-15(17,18)11-3-1-2-4-12(11)26(24,25)20-7-5-10(6-8-20)21-13(22)9-19-14(21)23/h1-4,10H,5-9H2,(H,19,23). The molecule has 0 bridgehead atoms. The second-order valence-corrected chi connectivity index (χ2v) is 7.96. The molecule has 2 saturated heterocycles. The number of amides is 3. The van der Waals surface area contributed by atoms with E-state index >= 15 is 0 Å². The Morgan fingerprint density at radius 1 is 1.08 bits per heavy atom. The lowest BCUT2D eigenvalue weighted by Gasteiger charge is -2.34. The number of alkyl halides is 3. The van der Waals surface area contributed by atoms with Crippen molar-refractivity contribution in [2.24, 2.45) is 0 Å². The maximum Gasteiger partial charge on any atom is 0.417 e. The van der Waals surface area contributed by atoms with E-state index in [2.05, 4.69) is 5.32 Å². The number of nitrogens with zero attached hydrogens (tertiary/aromatic N) is 2. The first kappa shape index (κ1) is 18.6. The predicted molar refractivity (Wildman–Crippen MR) is 83.5 cm³/mol. The highest BCUT2D eigenvalue weighted by Crippen LogP contribution is 2.36. The van der Waals surface area contributed by atoms with Crippen molar-refractivity contribution in [3.05, 3.63) is 29.8 Å². The first-order valence-electron chi connectivity index (χ1n) is 7.88. The lowest BCUT2D eigenvalue weighted by atomic mass is 10.1. The van der Waals surface area contributed by atoms with Gasteiger partial charge in [0.05, 0.1) is 17.0 Å². The van der Waals surface area contributed by atoms with Crippen LogP contribution < -0.4 is 5.32 Å². The van der Waals surface area contributed by atoms with Gasteiger partial charge in [0.2, 0.25) is 15.9 Å². The number of benzene rings is 1. The summed E-state index contributed by atoms with van der Waals surface area (Å²) in [7, 11) is -4.34. The summed E-state index contributed by atoms with van der Waals surface area (Å²) in [5.41, 5.74) is -1.21. The molecule has 26 heavy (non-hydrogen) atoms. The Morgan fingerprint density at radius 2 is 1.69 bits per heavy atom. The smallest absolute Gasteiger partial charge is 0.329 e. The molecule has 0 radical (unpaired) electrons. The van der Waals surface area contributed by atoms with Gasteiger partial charge in [0.25, 0.3) is 0 Å². The van der Waals surface area contributed by atoms with Crippen LogP contribution in [0.3, 0.4) is 0 Å². The Morgan fingerprint density at radius 3 is 2.23 bits per heavy atom. The van der Waals surface area contributed by atoms with E-state index in [0.717, 1.165) is 27.4 Å². The van der Waals surface area contributed by atoms with Gasteiger partial charge in [-0.05, 0) is 25.0 Å². The molecule has 7 nitrogen and oxygen atoms in total. The van der Waals surface area contributed by atoms with Crippen LogP contribution in [0.5, 0.6) is 0 Å². The number of rotatable bonds is 3. The fourth-order valence-corrected chi connectivity index (χ4v) is 4.89. The van der Waals surface area contributed by atoms with Crippen molar-refractivity contribution in [2.75, 3.05) is 19.6 Å². The maximum atomic E-state index is 13.1. The number of hydrogen-bond acceptors (Lipinski definition) is 4. The largest absolute Gasteiger partial charge is 0.417 e. The maximum absolute atomic E-state index is 13.1. The molecule has 3 amide bonds. The zero-order valence-electron chi connectivity index (χ0n) is 13.5. The third-order valence-electron chi connectivity index (χ3n) is 4.48. The molecule has 2 heterocycles. The van der Waals surface area contributed by atoms with Crippen molar-refractivity contribution < 1.29 is 31.2 Å². The van der Waals surface area contributed by atoms with E-state index in [-0.39, 0.29) is 32.5 Å². The average Bonchev–Trinajstić information content (AvgIpc) is 2.93. The normalized spacial score (nSPS) is 20.5. The first-order chi connectivity index (χ1) is 12.1. The van der Waals surface area contributed by atoms with Gasteiger partial charge in [-0.3, -0.25) is 9.69 Å². The van der Waals surface area contributed by atoms with Crippen LogP contribution in [0.2, 0.25) is 0 Å². The summed E-state index contributed by atoms with van der Waals surface area (Å²) in [5.74, 6) is -0.390. The lowest BCUT2D eigenvalue weighted by molar-refractivity contribution is -0.140. The molecule has 0 saturated carbocycles. The number of imide groups is 1. The first-order valence-corrected chi connectivity index (χ1v) is 9.32. The molecule has 1 aromatic rings. The van der Waals surface area contributed by atoms with Gasteiger partial charge in [0.15, 0.2) is 0 Å². The van der Waals surface area contributed by atoms with Crippen LogP contribution in [-0.4, -0.2) is 55.2 Å². The number of urea groups is 1. The van der Waals surface area contributed by atoms with Gasteiger partial charge < -0.3 is 5.32 Å². The van der Waals surface area contributed by atoms with Crippen LogP contribution in [0.4, 0.5) is 18.0 Å². The minimum atomic E-state index is -4.79. The van der Waals surface area contributed by atoms with Crippen molar-refractivity contribution in [3.63, 3.8) is 0 Å². The minimum absolute atomic E-state index is 0.0732. The van der Waals surface area contributed by atoms with Gasteiger partial charge in [-0.25, -0.2) is 13.2 Å². The molecule has 142 valence electrons. The molecule has 0 atom stereocenters. The Bertz CT molecular complexity index is 817. The Balaban J connectivity index is 1.79. The summed E-state index contributed by atoms with van der Waals surface area (Å²) < 4.78 is 65.7. The molecular formula is C15H16F3N3O4S. The number of piperidine rings is 1. The van der Waals surface area contributed by atoms with Crippen molar-refractivity contribution in [1.29, 1.82) is 0 Å². The van der Waals surface area contributed by atoms with E-state index in [1.165, 1.54) is 6.07 Å². The highest BCUT2D eigenvalue weighted by molar-refractivity contribution is 7.89. The van der Waals surface area contributed by atoms with E-state index in [9.17, 15) is 31.2 Å². The van der Waals surface area contributed by atoms with E-state index in [0.29, 0.717) is 0 Å². The Labute approximate surface area is 147 Å². The van der Waals surface area contributed by atoms with Gasteiger partial charge in [-0.1, -0.05) is 12.1 Å². The van der Waals surface area contributed by atoms with Gasteiger partial charge >= 0.3 is 12.2 Å². The number of sulfonamides is 1. The average molecular weight is 391 g/mol. The summed E-state index contributed by atoms with van der Waals surface area (Å²) in [6, 6.07) is 3.04. The molecule has 0 unspecified atom stereocenters. The second kappa shape index (κ2) is 6.54.